The number of aliphatic hydroxyl groups is 1. The lowest BCUT2D eigenvalue weighted by Gasteiger charge is -2.20. The third-order valence-electron chi connectivity index (χ3n) is 2.62. The Kier molecular flexibility index (Phi) is 6.01. The van der Waals surface area contributed by atoms with Crippen molar-refractivity contribution >= 4 is 29.3 Å². The maximum absolute atomic E-state index is 11.8. The fraction of sp³-hybridized carbons (Fsp3) is 0.429. The number of aliphatic carboxylic acids is 1. The standard InChI is InChI=1S/C14H19ClN2O5/c1-8(2)22-11-9(15)5-4-6-10(11)17-13(20)16-7-14(3,21)12(18)19/h4-6,8,21H,7H2,1-3H3,(H,18,19)(H2,16,17,20). The van der Waals surface area contributed by atoms with Crippen LogP contribution in [0.3, 0.4) is 0 Å². The summed E-state index contributed by atoms with van der Waals surface area (Å²) in [6, 6.07) is 4.17. The van der Waals surface area contributed by atoms with Gasteiger partial charge in [0.25, 0.3) is 0 Å². The van der Waals surface area contributed by atoms with Gasteiger partial charge >= 0.3 is 12.0 Å². The number of para-hydroxylation sites is 1. The molecule has 0 spiro atoms. The second kappa shape index (κ2) is 7.33. The number of amides is 2. The maximum atomic E-state index is 11.8. The van der Waals surface area contributed by atoms with Crippen molar-refractivity contribution in [3.8, 4) is 5.75 Å². The number of carboxylic acid groups (broad SMARTS) is 1. The Morgan fingerprint density at radius 1 is 1.41 bits per heavy atom. The van der Waals surface area contributed by atoms with Gasteiger partial charge in [-0.25, -0.2) is 9.59 Å². The molecule has 0 aliphatic heterocycles. The first-order valence-electron chi connectivity index (χ1n) is 6.59. The zero-order valence-corrected chi connectivity index (χ0v) is 13.3. The number of hydrogen-bond acceptors (Lipinski definition) is 4. The molecule has 7 nitrogen and oxygen atoms in total. The van der Waals surface area contributed by atoms with Crippen LogP contribution in [0.2, 0.25) is 5.02 Å². The molecule has 1 aromatic rings. The van der Waals surface area contributed by atoms with Crippen LogP contribution in [0.25, 0.3) is 0 Å². The van der Waals surface area contributed by atoms with E-state index in [1.165, 1.54) is 0 Å². The molecule has 1 rings (SSSR count). The molecule has 0 radical (unpaired) electrons. The minimum atomic E-state index is -2.05. The summed E-state index contributed by atoms with van der Waals surface area (Å²) in [4.78, 5) is 22.6. The zero-order valence-electron chi connectivity index (χ0n) is 12.5. The summed E-state index contributed by atoms with van der Waals surface area (Å²) in [6.07, 6.45) is -0.142. The van der Waals surface area contributed by atoms with Crippen LogP contribution in [-0.2, 0) is 4.79 Å². The van der Waals surface area contributed by atoms with Crippen molar-refractivity contribution in [1.82, 2.24) is 5.32 Å². The summed E-state index contributed by atoms with van der Waals surface area (Å²) >= 11 is 6.03. The second-order valence-corrected chi connectivity index (χ2v) is 5.58. The number of carbonyl (C=O) groups excluding carboxylic acids is 1. The van der Waals surface area contributed by atoms with Crippen molar-refractivity contribution < 1.29 is 24.5 Å². The van der Waals surface area contributed by atoms with Gasteiger partial charge in [-0.15, -0.1) is 0 Å². The van der Waals surface area contributed by atoms with Crippen LogP contribution in [-0.4, -0.2) is 40.5 Å². The lowest BCUT2D eigenvalue weighted by Crippen LogP contribution is -2.47. The molecule has 122 valence electrons. The number of benzene rings is 1. The van der Waals surface area contributed by atoms with Crippen molar-refractivity contribution in [2.24, 2.45) is 0 Å². The molecular weight excluding hydrogens is 312 g/mol. The number of rotatable bonds is 6. The number of carboxylic acids is 1. The normalized spacial score (nSPS) is 13.4. The molecule has 0 aliphatic carbocycles. The predicted molar refractivity (Wildman–Crippen MR) is 82.5 cm³/mol. The van der Waals surface area contributed by atoms with E-state index >= 15 is 0 Å². The fourth-order valence-electron chi connectivity index (χ4n) is 1.46. The topological polar surface area (TPSA) is 108 Å². The maximum Gasteiger partial charge on any atom is 0.337 e. The fourth-order valence-corrected chi connectivity index (χ4v) is 1.68. The molecule has 22 heavy (non-hydrogen) atoms. The van der Waals surface area contributed by atoms with Crippen molar-refractivity contribution in [2.45, 2.75) is 32.5 Å². The van der Waals surface area contributed by atoms with Gasteiger partial charge in [0, 0.05) is 0 Å². The van der Waals surface area contributed by atoms with Gasteiger partial charge < -0.3 is 25.6 Å². The number of ether oxygens (including phenoxy) is 1. The zero-order chi connectivity index (χ0) is 16.9. The average molecular weight is 331 g/mol. The number of halogens is 1. The Labute approximate surface area is 133 Å². The molecule has 0 aliphatic rings. The van der Waals surface area contributed by atoms with Crippen molar-refractivity contribution in [2.75, 3.05) is 11.9 Å². The molecule has 4 N–H and O–H groups in total. The second-order valence-electron chi connectivity index (χ2n) is 5.17. The Hall–Kier alpha value is -1.99. The molecule has 0 saturated carbocycles. The van der Waals surface area contributed by atoms with E-state index in [2.05, 4.69) is 10.6 Å². The van der Waals surface area contributed by atoms with E-state index in [1.807, 2.05) is 13.8 Å². The van der Waals surface area contributed by atoms with E-state index in [0.717, 1.165) is 6.92 Å². The van der Waals surface area contributed by atoms with Crippen molar-refractivity contribution in [3.05, 3.63) is 23.2 Å². The van der Waals surface area contributed by atoms with Crippen LogP contribution >= 0.6 is 11.6 Å². The molecule has 8 heteroatoms. The Morgan fingerprint density at radius 2 is 2.05 bits per heavy atom. The third-order valence-corrected chi connectivity index (χ3v) is 2.92. The van der Waals surface area contributed by atoms with Crippen LogP contribution < -0.4 is 15.4 Å². The van der Waals surface area contributed by atoms with Crippen molar-refractivity contribution in [3.63, 3.8) is 0 Å². The largest absolute Gasteiger partial charge is 0.487 e. The highest BCUT2D eigenvalue weighted by molar-refractivity contribution is 6.32. The summed E-state index contributed by atoms with van der Waals surface area (Å²) in [7, 11) is 0. The first-order chi connectivity index (χ1) is 10.1. The van der Waals surface area contributed by atoms with Crippen LogP contribution in [0.4, 0.5) is 10.5 Å². The molecule has 0 saturated heterocycles. The summed E-state index contributed by atoms with van der Waals surface area (Å²) in [5, 5.41) is 23.4. The first kappa shape index (κ1) is 18.1. The highest BCUT2D eigenvalue weighted by Crippen LogP contribution is 2.33. The van der Waals surface area contributed by atoms with Gasteiger partial charge in [-0.05, 0) is 32.9 Å². The summed E-state index contributed by atoms with van der Waals surface area (Å²) in [5.74, 6) is -1.11. The minimum Gasteiger partial charge on any atom is -0.487 e. The van der Waals surface area contributed by atoms with Gasteiger partial charge in [-0.2, -0.15) is 0 Å². The Balaban J connectivity index is 2.76. The summed E-state index contributed by atoms with van der Waals surface area (Å²) in [5.41, 5.74) is -1.71. The van der Waals surface area contributed by atoms with E-state index in [4.69, 9.17) is 21.4 Å². The number of nitrogens with one attached hydrogen (secondary N) is 2. The molecule has 1 unspecified atom stereocenters. The Morgan fingerprint density at radius 3 is 2.59 bits per heavy atom. The van der Waals surface area contributed by atoms with Gasteiger partial charge in [-0.1, -0.05) is 17.7 Å². The smallest absolute Gasteiger partial charge is 0.337 e. The van der Waals surface area contributed by atoms with Crippen LogP contribution in [0, 0.1) is 0 Å². The monoisotopic (exact) mass is 330 g/mol. The van der Waals surface area contributed by atoms with E-state index in [1.54, 1.807) is 18.2 Å². The van der Waals surface area contributed by atoms with E-state index in [-0.39, 0.29) is 6.10 Å². The van der Waals surface area contributed by atoms with Gasteiger partial charge in [0.2, 0.25) is 0 Å². The average Bonchev–Trinajstić information content (AvgIpc) is 2.40. The molecule has 0 heterocycles. The number of anilines is 1. The highest BCUT2D eigenvalue weighted by atomic mass is 35.5. The Bertz CT molecular complexity index is 560. The predicted octanol–water partition coefficient (Wildman–Crippen LogP) is 2.08. The molecule has 0 bridgehead atoms. The minimum absolute atomic E-state index is 0.142. The van der Waals surface area contributed by atoms with Gasteiger partial charge in [0.15, 0.2) is 11.4 Å². The quantitative estimate of drug-likeness (QED) is 0.638. The van der Waals surface area contributed by atoms with Gasteiger partial charge in [0.05, 0.1) is 23.4 Å². The summed E-state index contributed by atoms with van der Waals surface area (Å²) < 4.78 is 5.54. The van der Waals surface area contributed by atoms with Crippen LogP contribution in [0.15, 0.2) is 18.2 Å². The number of hydrogen-bond donors (Lipinski definition) is 4. The van der Waals surface area contributed by atoms with Crippen LogP contribution in [0.1, 0.15) is 20.8 Å². The van der Waals surface area contributed by atoms with Crippen molar-refractivity contribution in [1.29, 1.82) is 0 Å². The lowest BCUT2D eigenvalue weighted by molar-refractivity contribution is -0.155. The van der Waals surface area contributed by atoms with Crippen LogP contribution in [0.5, 0.6) is 5.75 Å². The van der Waals surface area contributed by atoms with E-state index in [9.17, 15) is 14.7 Å². The lowest BCUT2D eigenvalue weighted by atomic mass is 10.1. The molecule has 1 aromatic carbocycles. The third kappa shape index (κ3) is 5.09. The summed E-state index contributed by atoms with van der Waals surface area (Å²) in [6.45, 7) is 4.27. The SMILES string of the molecule is CC(C)Oc1c(Cl)cccc1NC(=O)NCC(C)(O)C(=O)O. The van der Waals surface area contributed by atoms with E-state index in [0.29, 0.717) is 16.5 Å². The first-order valence-corrected chi connectivity index (χ1v) is 6.97. The molecular formula is C14H19ClN2O5. The van der Waals surface area contributed by atoms with E-state index < -0.39 is 24.1 Å². The molecule has 0 fully saturated rings. The number of urea groups is 1. The molecule has 0 aromatic heterocycles. The molecule has 2 amide bonds. The molecule has 1 atom stereocenters. The van der Waals surface area contributed by atoms with Gasteiger partial charge in [-0.3, -0.25) is 0 Å². The number of carbonyl (C=O) groups is 2. The highest BCUT2D eigenvalue weighted by Gasteiger charge is 2.30. The van der Waals surface area contributed by atoms with Gasteiger partial charge in [0.1, 0.15) is 0 Å².